The molecule has 1 unspecified atom stereocenters. The van der Waals surface area contributed by atoms with Gasteiger partial charge in [-0.15, -0.1) is 0 Å². The molecule has 0 N–H and O–H groups in total. The third kappa shape index (κ3) is 1.90. The minimum Gasteiger partial charge on any atom is -0.469 e. The lowest BCUT2D eigenvalue weighted by atomic mass is 9.72. The van der Waals surface area contributed by atoms with Crippen LogP contribution in [-0.4, -0.2) is 36.8 Å². The first kappa shape index (κ1) is 14.2. The second-order valence-corrected chi connectivity index (χ2v) is 5.25. The van der Waals surface area contributed by atoms with Crippen molar-refractivity contribution < 1.29 is 19.1 Å². The highest BCUT2D eigenvalue weighted by molar-refractivity contribution is 6.14. The Morgan fingerprint density at radius 3 is 2.60 bits per heavy atom. The topological polar surface area (TPSA) is 63.7 Å². The number of rotatable bonds is 2. The number of esters is 1. The summed E-state index contributed by atoms with van der Waals surface area (Å²) in [7, 11) is 2.72. The van der Waals surface area contributed by atoms with E-state index >= 15 is 0 Å². The summed E-state index contributed by atoms with van der Waals surface area (Å²) in [5, 5.41) is 0. The zero-order valence-electron chi connectivity index (χ0n) is 12.0. The summed E-state index contributed by atoms with van der Waals surface area (Å²) in [5.74, 6) is -1.19. The molecule has 1 atom stereocenters. The molecule has 5 heteroatoms. The molecule has 0 radical (unpaired) electrons. The molecule has 20 heavy (non-hydrogen) atoms. The Kier molecular flexibility index (Phi) is 3.38. The summed E-state index contributed by atoms with van der Waals surface area (Å²) < 4.78 is 4.68. The number of imide groups is 1. The molecular formula is C15H17NO4. The number of hydrogen-bond acceptors (Lipinski definition) is 4. The lowest BCUT2D eigenvalue weighted by Crippen LogP contribution is -2.52. The zero-order valence-corrected chi connectivity index (χ0v) is 12.0. The van der Waals surface area contributed by atoms with E-state index in [2.05, 4.69) is 4.74 Å². The molecule has 106 valence electrons. The van der Waals surface area contributed by atoms with Crippen molar-refractivity contribution in [3.8, 4) is 0 Å². The fraction of sp³-hybridized carbons (Fsp3) is 0.400. The summed E-state index contributed by atoms with van der Waals surface area (Å²) in [6.45, 7) is 3.49. The van der Waals surface area contributed by atoms with Gasteiger partial charge in [0.25, 0.3) is 5.91 Å². The van der Waals surface area contributed by atoms with Crippen molar-refractivity contribution in [1.29, 1.82) is 0 Å². The number of aryl methyl sites for hydroxylation is 1. The van der Waals surface area contributed by atoms with Crippen LogP contribution in [0.5, 0.6) is 0 Å². The molecule has 0 saturated carbocycles. The van der Waals surface area contributed by atoms with Gasteiger partial charge >= 0.3 is 5.97 Å². The predicted molar refractivity (Wildman–Crippen MR) is 72.3 cm³/mol. The van der Waals surface area contributed by atoms with Crippen LogP contribution in [0.15, 0.2) is 18.2 Å². The van der Waals surface area contributed by atoms with Crippen LogP contribution in [-0.2, 0) is 19.7 Å². The number of amides is 2. The minimum absolute atomic E-state index is 0.0869. The Hall–Kier alpha value is -2.17. The number of fused-ring (bicyclic) bond motifs is 1. The van der Waals surface area contributed by atoms with Gasteiger partial charge in [0.15, 0.2) is 0 Å². The number of nitrogens with zero attached hydrogens (tertiary/aromatic N) is 1. The fourth-order valence-corrected chi connectivity index (χ4v) is 2.69. The monoisotopic (exact) mass is 275 g/mol. The maximum atomic E-state index is 12.5. The van der Waals surface area contributed by atoms with Crippen molar-refractivity contribution in [2.75, 3.05) is 14.2 Å². The maximum Gasteiger partial charge on any atom is 0.306 e. The summed E-state index contributed by atoms with van der Waals surface area (Å²) in [6, 6.07) is 5.34. The highest BCUT2D eigenvalue weighted by Gasteiger charge is 2.48. The van der Waals surface area contributed by atoms with Gasteiger partial charge in [0, 0.05) is 12.6 Å². The van der Waals surface area contributed by atoms with Crippen LogP contribution in [0.2, 0.25) is 0 Å². The number of likely N-dealkylation sites (N-methyl/N-ethyl adjacent to an activating group) is 1. The lowest BCUT2D eigenvalue weighted by Gasteiger charge is -2.38. The molecular weight excluding hydrogens is 258 g/mol. The van der Waals surface area contributed by atoms with Crippen LogP contribution < -0.4 is 0 Å². The fourth-order valence-electron chi connectivity index (χ4n) is 2.69. The molecule has 0 spiro atoms. The molecule has 0 bridgehead atoms. The number of methoxy groups -OCH3 is 1. The molecule has 1 aromatic rings. The summed E-state index contributed by atoms with van der Waals surface area (Å²) >= 11 is 0. The van der Waals surface area contributed by atoms with Crippen LogP contribution in [0.4, 0.5) is 0 Å². The Balaban J connectivity index is 2.67. The zero-order chi connectivity index (χ0) is 15.1. The molecule has 1 aliphatic heterocycles. The largest absolute Gasteiger partial charge is 0.469 e. The van der Waals surface area contributed by atoms with E-state index in [1.54, 1.807) is 19.1 Å². The van der Waals surface area contributed by atoms with Gasteiger partial charge in [-0.3, -0.25) is 19.3 Å². The average Bonchev–Trinajstić information content (AvgIpc) is 2.43. The van der Waals surface area contributed by atoms with Gasteiger partial charge in [-0.05, 0) is 25.0 Å². The molecule has 0 saturated heterocycles. The highest BCUT2D eigenvalue weighted by Crippen LogP contribution is 2.38. The summed E-state index contributed by atoms with van der Waals surface area (Å²) in [6.07, 6.45) is -0.0869. The molecule has 5 nitrogen and oxygen atoms in total. The van der Waals surface area contributed by atoms with E-state index < -0.39 is 11.4 Å². The van der Waals surface area contributed by atoms with E-state index in [0.717, 1.165) is 10.5 Å². The summed E-state index contributed by atoms with van der Waals surface area (Å²) in [5.41, 5.74) is 0.817. The van der Waals surface area contributed by atoms with Crippen LogP contribution in [0.3, 0.4) is 0 Å². The van der Waals surface area contributed by atoms with Crippen molar-refractivity contribution in [2.45, 2.75) is 25.7 Å². The molecule has 0 aromatic heterocycles. The van der Waals surface area contributed by atoms with E-state index in [0.29, 0.717) is 11.1 Å². The first-order valence-corrected chi connectivity index (χ1v) is 6.32. The predicted octanol–water partition coefficient (Wildman–Crippen LogP) is 1.43. The number of ether oxygens (including phenoxy) is 1. The first-order chi connectivity index (χ1) is 9.32. The van der Waals surface area contributed by atoms with Crippen molar-refractivity contribution in [2.24, 2.45) is 0 Å². The molecule has 0 fully saturated rings. The SMILES string of the molecule is COC(=O)CC1(C)C(=O)N(C)C(=O)c2c(C)cccc21. The van der Waals surface area contributed by atoms with Gasteiger partial charge in [0.05, 0.1) is 18.9 Å². The highest BCUT2D eigenvalue weighted by atomic mass is 16.5. The van der Waals surface area contributed by atoms with E-state index in [4.69, 9.17) is 0 Å². The number of carbonyl (C=O) groups excluding carboxylic acids is 3. The quantitative estimate of drug-likeness (QED) is 0.605. The molecule has 1 aliphatic rings. The van der Waals surface area contributed by atoms with E-state index in [1.807, 2.05) is 13.0 Å². The third-order valence-electron chi connectivity index (χ3n) is 3.89. The van der Waals surface area contributed by atoms with Crippen LogP contribution in [0, 0.1) is 6.92 Å². The van der Waals surface area contributed by atoms with Gasteiger partial charge in [-0.25, -0.2) is 0 Å². The molecule has 1 aromatic carbocycles. The van der Waals surface area contributed by atoms with Gasteiger partial charge in [-0.2, -0.15) is 0 Å². The average molecular weight is 275 g/mol. The smallest absolute Gasteiger partial charge is 0.306 e. The van der Waals surface area contributed by atoms with E-state index in [-0.39, 0.29) is 18.2 Å². The van der Waals surface area contributed by atoms with Crippen LogP contribution in [0.1, 0.15) is 34.8 Å². The Morgan fingerprint density at radius 1 is 1.35 bits per heavy atom. The molecule has 2 rings (SSSR count). The van der Waals surface area contributed by atoms with Crippen molar-refractivity contribution >= 4 is 17.8 Å². The van der Waals surface area contributed by atoms with Gasteiger partial charge in [0.1, 0.15) is 0 Å². The second-order valence-electron chi connectivity index (χ2n) is 5.25. The standard InChI is InChI=1S/C15H17NO4/c1-9-6-5-7-10-12(9)13(18)16(3)14(19)15(10,2)8-11(17)20-4/h5-7H,8H2,1-4H3. The minimum atomic E-state index is -1.07. The third-order valence-corrected chi connectivity index (χ3v) is 3.89. The van der Waals surface area contributed by atoms with Crippen molar-refractivity contribution in [3.63, 3.8) is 0 Å². The van der Waals surface area contributed by atoms with Crippen LogP contribution in [0.25, 0.3) is 0 Å². The Labute approximate surface area is 117 Å². The normalized spacial score (nSPS) is 21.7. The van der Waals surface area contributed by atoms with Crippen molar-refractivity contribution in [1.82, 2.24) is 4.90 Å². The van der Waals surface area contributed by atoms with Gasteiger partial charge in [-0.1, -0.05) is 18.2 Å². The van der Waals surface area contributed by atoms with Gasteiger partial charge in [0.2, 0.25) is 5.91 Å². The number of benzene rings is 1. The van der Waals surface area contributed by atoms with E-state index in [1.165, 1.54) is 14.2 Å². The maximum absolute atomic E-state index is 12.5. The summed E-state index contributed by atoms with van der Waals surface area (Å²) in [4.78, 5) is 37.5. The molecule has 0 aliphatic carbocycles. The first-order valence-electron chi connectivity index (χ1n) is 6.32. The van der Waals surface area contributed by atoms with Crippen LogP contribution >= 0.6 is 0 Å². The molecule has 1 heterocycles. The molecule has 2 amide bonds. The lowest BCUT2D eigenvalue weighted by molar-refractivity contribution is -0.147. The van der Waals surface area contributed by atoms with Gasteiger partial charge < -0.3 is 4.74 Å². The second kappa shape index (κ2) is 4.74. The van der Waals surface area contributed by atoms with Crippen molar-refractivity contribution in [3.05, 3.63) is 34.9 Å². The van der Waals surface area contributed by atoms with E-state index in [9.17, 15) is 14.4 Å². The number of carbonyl (C=O) groups is 3. The Bertz CT molecular complexity index is 608. The Morgan fingerprint density at radius 2 is 2.00 bits per heavy atom. The number of hydrogen-bond donors (Lipinski definition) is 0.